The van der Waals surface area contributed by atoms with Gasteiger partial charge in [0, 0.05) is 0 Å². The van der Waals surface area contributed by atoms with E-state index in [9.17, 15) is 0 Å². The number of fused-ring (bicyclic) bond motifs is 1. The van der Waals surface area contributed by atoms with Crippen LogP contribution in [0, 0.1) is 0 Å². The molecular formula is C6H5N2S. The molecular weight excluding hydrogens is 132 g/mol. The summed E-state index contributed by atoms with van der Waals surface area (Å²) < 4.78 is 0. The van der Waals surface area contributed by atoms with Crippen LogP contribution in [0.15, 0.2) is 29.2 Å². The van der Waals surface area contributed by atoms with Gasteiger partial charge in [-0.15, -0.1) is 0 Å². The summed E-state index contributed by atoms with van der Waals surface area (Å²) in [6.45, 7) is 0. The molecule has 0 fully saturated rings. The van der Waals surface area contributed by atoms with Gasteiger partial charge in [-0.2, -0.15) is 10.3 Å². The maximum Gasteiger partial charge on any atom is 0.0933 e. The van der Waals surface area contributed by atoms with Gasteiger partial charge in [0.2, 0.25) is 0 Å². The summed E-state index contributed by atoms with van der Waals surface area (Å²) in [5, 5.41) is 0. The molecule has 0 unspecified atom stereocenters. The molecule has 1 aromatic rings. The van der Waals surface area contributed by atoms with Crippen LogP contribution in [0.4, 0.5) is 5.69 Å². The molecule has 45 valence electrons. The number of hydrogen-bond acceptors (Lipinski definition) is 2. The van der Waals surface area contributed by atoms with Crippen LogP contribution in [-0.4, -0.2) is 0 Å². The van der Waals surface area contributed by atoms with Gasteiger partial charge < -0.3 is 0 Å². The molecule has 1 aliphatic rings. The minimum atomic E-state index is 1.04. The first kappa shape index (κ1) is 5.14. The van der Waals surface area contributed by atoms with E-state index in [1.54, 1.807) is 11.9 Å². The largest absolute Gasteiger partial charge is 0.190 e. The third-order valence-electron chi connectivity index (χ3n) is 1.19. The second-order valence-corrected chi connectivity index (χ2v) is 2.60. The number of nitrogens with zero attached hydrogens (tertiary/aromatic N) is 1. The lowest BCUT2D eigenvalue weighted by Gasteiger charge is -1.88. The van der Waals surface area contributed by atoms with Gasteiger partial charge in [0.05, 0.1) is 10.6 Å². The smallest absolute Gasteiger partial charge is 0.0933 e. The maximum atomic E-state index is 4.01. The average molecular weight is 137 g/mol. The summed E-state index contributed by atoms with van der Waals surface area (Å²) in [4.78, 5) is 4.04. The molecule has 1 N–H and O–H groups in total. The molecule has 0 saturated carbocycles. The third kappa shape index (κ3) is 0.781. The van der Waals surface area contributed by atoms with E-state index in [1.807, 2.05) is 24.3 Å². The monoisotopic (exact) mass is 137 g/mol. The van der Waals surface area contributed by atoms with Crippen molar-refractivity contribution < 1.29 is 0 Å². The molecule has 0 bridgehead atoms. The van der Waals surface area contributed by atoms with E-state index in [0.29, 0.717) is 0 Å². The van der Waals surface area contributed by atoms with Crippen LogP contribution in [0.3, 0.4) is 0 Å². The predicted octanol–water partition coefficient (Wildman–Crippen LogP) is 1.45. The molecule has 0 amide bonds. The van der Waals surface area contributed by atoms with Gasteiger partial charge in [-0.3, -0.25) is 0 Å². The summed E-state index contributed by atoms with van der Waals surface area (Å²) in [5.41, 5.74) is 5.06. The van der Waals surface area contributed by atoms with Crippen LogP contribution in [0.25, 0.3) is 0 Å². The lowest BCUT2D eigenvalue weighted by Crippen LogP contribution is -2.02. The second kappa shape index (κ2) is 1.93. The zero-order valence-corrected chi connectivity index (χ0v) is 5.48. The molecule has 3 heteroatoms. The van der Waals surface area contributed by atoms with Crippen LogP contribution >= 0.6 is 11.9 Å². The highest BCUT2D eigenvalue weighted by Gasteiger charge is 2.08. The molecule has 0 aliphatic carbocycles. The first-order chi connectivity index (χ1) is 4.47. The number of hydrogen-bond donors (Lipinski definition) is 1. The molecule has 0 aromatic heterocycles. The fourth-order valence-electron chi connectivity index (χ4n) is 0.757. The topological polar surface area (TPSA) is 26.1 Å². The molecule has 0 atom stereocenters. The van der Waals surface area contributed by atoms with E-state index < -0.39 is 0 Å². The molecule has 0 saturated heterocycles. The Bertz CT molecular complexity index is 201. The van der Waals surface area contributed by atoms with Crippen molar-refractivity contribution in [1.29, 1.82) is 0 Å². The van der Waals surface area contributed by atoms with E-state index in [2.05, 4.69) is 10.3 Å². The van der Waals surface area contributed by atoms with Gasteiger partial charge in [0.25, 0.3) is 0 Å². The van der Waals surface area contributed by atoms with Gasteiger partial charge in [-0.05, 0) is 24.1 Å². The second-order valence-electron chi connectivity index (χ2n) is 1.77. The van der Waals surface area contributed by atoms with E-state index in [0.717, 1.165) is 5.69 Å². The predicted molar refractivity (Wildman–Crippen MR) is 37.2 cm³/mol. The normalized spacial score (nSPS) is 14.7. The van der Waals surface area contributed by atoms with Crippen LogP contribution in [0.2, 0.25) is 0 Å². The summed E-state index contributed by atoms with van der Waals surface area (Å²) >= 11 is 1.55. The Kier molecular flexibility index (Phi) is 1.10. The molecule has 1 radical (unpaired) electrons. The molecule has 2 rings (SSSR count). The van der Waals surface area contributed by atoms with Crippen molar-refractivity contribution in [3.63, 3.8) is 0 Å². The zero-order valence-electron chi connectivity index (χ0n) is 4.66. The minimum Gasteiger partial charge on any atom is -0.190 e. The Hall–Kier alpha value is -0.670. The molecule has 0 spiro atoms. The first-order valence-corrected chi connectivity index (χ1v) is 3.50. The Labute approximate surface area is 57.8 Å². The van der Waals surface area contributed by atoms with Gasteiger partial charge in [0.1, 0.15) is 0 Å². The van der Waals surface area contributed by atoms with Crippen LogP contribution in [0.1, 0.15) is 0 Å². The van der Waals surface area contributed by atoms with E-state index in [-0.39, 0.29) is 0 Å². The molecule has 1 aliphatic heterocycles. The van der Waals surface area contributed by atoms with Crippen molar-refractivity contribution in [2.75, 3.05) is 0 Å². The highest BCUT2D eigenvalue weighted by atomic mass is 32.2. The van der Waals surface area contributed by atoms with Gasteiger partial charge >= 0.3 is 0 Å². The van der Waals surface area contributed by atoms with E-state index >= 15 is 0 Å². The number of benzene rings is 1. The van der Waals surface area contributed by atoms with Crippen molar-refractivity contribution >= 4 is 17.6 Å². The van der Waals surface area contributed by atoms with Crippen LogP contribution < -0.4 is 10.3 Å². The van der Waals surface area contributed by atoms with Crippen LogP contribution in [0.5, 0.6) is 0 Å². The molecule has 2 nitrogen and oxygen atoms in total. The lowest BCUT2D eigenvalue weighted by molar-refractivity contribution is 0.885. The molecule has 9 heavy (non-hydrogen) atoms. The third-order valence-corrected chi connectivity index (χ3v) is 1.93. The Balaban J connectivity index is 2.54. The number of rotatable bonds is 0. The quantitative estimate of drug-likeness (QED) is 0.548. The van der Waals surface area contributed by atoms with E-state index in [1.165, 1.54) is 4.90 Å². The highest BCUT2D eigenvalue weighted by Crippen LogP contribution is 2.28. The Morgan fingerprint density at radius 1 is 1.33 bits per heavy atom. The average Bonchev–Trinajstić information content (AvgIpc) is 2.33. The SMILES string of the molecule is c1ccc2c(c1)[N]NS2. The van der Waals surface area contributed by atoms with Crippen LogP contribution in [-0.2, 0) is 0 Å². The Morgan fingerprint density at radius 2 is 2.22 bits per heavy atom. The number of para-hydroxylation sites is 1. The van der Waals surface area contributed by atoms with Crippen molar-refractivity contribution in [3.05, 3.63) is 24.3 Å². The Morgan fingerprint density at radius 3 is 3.11 bits per heavy atom. The van der Waals surface area contributed by atoms with Gasteiger partial charge in [0.15, 0.2) is 0 Å². The van der Waals surface area contributed by atoms with Crippen molar-refractivity contribution in [2.24, 2.45) is 0 Å². The standard InChI is InChI=1S/C6H5N2S/c1-2-4-6-5(3-1)7-8-9-6/h1-4,8H. The number of nitrogens with one attached hydrogen (secondary N) is 1. The van der Waals surface area contributed by atoms with Crippen molar-refractivity contribution in [3.8, 4) is 0 Å². The van der Waals surface area contributed by atoms with Crippen molar-refractivity contribution in [1.82, 2.24) is 10.3 Å². The zero-order chi connectivity index (χ0) is 6.10. The molecule has 1 heterocycles. The maximum absolute atomic E-state index is 4.01. The fraction of sp³-hybridized carbons (Fsp3) is 0. The minimum absolute atomic E-state index is 1.04. The fourth-order valence-corrected chi connectivity index (χ4v) is 1.36. The van der Waals surface area contributed by atoms with Gasteiger partial charge in [-0.1, -0.05) is 12.1 Å². The summed E-state index contributed by atoms with van der Waals surface area (Å²) in [5.74, 6) is 0. The first-order valence-electron chi connectivity index (χ1n) is 2.68. The summed E-state index contributed by atoms with van der Waals surface area (Å²) in [6, 6.07) is 8.02. The lowest BCUT2D eigenvalue weighted by atomic mass is 10.3. The summed E-state index contributed by atoms with van der Waals surface area (Å²) in [7, 11) is 0. The highest BCUT2D eigenvalue weighted by molar-refractivity contribution is 7.97. The van der Waals surface area contributed by atoms with Gasteiger partial charge in [-0.25, -0.2) is 0 Å². The molecule has 1 aromatic carbocycles. The van der Waals surface area contributed by atoms with E-state index in [4.69, 9.17) is 0 Å². The summed E-state index contributed by atoms with van der Waals surface area (Å²) in [6.07, 6.45) is 0. The van der Waals surface area contributed by atoms with Crippen molar-refractivity contribution in [2.45, 2.75) is 4.90 Å².